The zero-order chi connectivity index (χ0) is 12.3. The zero-order valence-corrected chi connectivity index (χ0v) is 10.4. The normalized spacial score (nSPS) is 11.0. The largest absolute Gasteiger partial charge is 0.468 e. The van der Waals surface area contributed by atoms with Gasteiger partial charge in [0.05, 0.1) is 12.8 Å². The van der Waals surface area contributed by atoms with Crippen molar-refractivity contribution in [3.63, 3.8) is 0 Å². The van der Waals surface area contributed by atoms with Crippen LogP contribution in [0.5, 0.6) is 0 Å². The van der Waals surface area contributed by atoms with Crippen LogP contribution in [0.25, 0.3) is 0 Å². The maximum Gasteiger partial charge on any atom is 0.117 e. The molecule has 0 aliphatic rings. The van der Waals surface area contributed by atoms with Crippen LogP contribution < -0.4 is 5.73 Å². The quantitative estimate of drug-likeness (QED) is 0.848. The minimum absolute atomic E-state index is 0.667. The van der Waals surface area contributed by atoms with Crippen LogP contribution in [0.15, 0.2) is 41.0 Å². The van der Waals surface area contributed by atoms with Crippen molar-refractivity contribution in [2.45, 2.75) is 13.1 Å². The van der Waals surface area contributed by atoms with Crippen molar-refractivity contribution in [1.29, 1.82) is 0 Å². The zero-order valence-electron chi connectivity index (χ0n) is 9.69. The minimum atomic E-state index is 0.667. The number of rotatable bonds is 4. The van der Waals surface area contributed by atoms with E-state index in [0.717, 1.165) is 30.1 Å². The molecule has 0 saturated carbocycles. The Morgan fingerprint density at radius 1 is 1.29 bits per heavy atom. The van der Waals surface area contributed by atoms with Gasteiger partial charge in [-0.25, -0.2) is 0 Å². The molecule has 1 heterocycles. The van der Waals surface area contributed by atoms with E-state index in [2.05, 4.69) is 4.90 Å². The highest BCUT2D eigenvalue weighted by Gasteiger charge is 2.06. The number of furan rings is 1. The molecule has 0 saturated heterocycles. The molecular weight excluding hydrogens is 236 g/mol. The predicted octanol–water partition coefficient (Wildman–Crippen LogP) is 3.15. The van der Waals surface area contributed by atoms with Crippen LogP contribution in [-0.4, -0.2) is 11.9 Å². The lowest BCUT2D eigenvalue weighted by Crippen LogP contribution is -2.17. The van der Waals surface area contributed by atoms with Crippen LogP contribution in [0.1, 0.15) is 11.3 Å². The SMILES string of the molecule is CN(Cc1ccco1)Cc1ccc(Cl)cc1N. The van der Waals surface area contributed by atoms with Gasteiger partial charge in [0.25, 0.3) is 0 Å². The number of anilines is 1. The highest BCUT2D eigenvalue weighted by Crippen LogP contribution is 2.19. The molecule has 1 aromatic heterocycles. The topological polar surface area (TPSA) is 42.4 Å². The van der Waals surface area contributed by atoms with E-state index >= 15 is 0 Å². The van der Waals surface area contributed by atoms with Gasteiger partial charge in [-0.1, -0.05) is 17.7 Å². The standard InChI is InChI=1S/C13H15ClN2O/c1-16(9-12-3-2-6-17-12)8-10-4-5-11(14)7-13(10)15/h2-7H,8-9,15H2,1H3. The van der Waals surface area contributed by atoms with Gasteiger partial charge in [0.15, 0.2) is 0 Å². The first kappa shape index (κ1) is 12.0. The van der Waals surface area contributed by atoms with Crippen molar-refractivity contribution in [3.8, 4) is 0 Å². The first-order valence-corrected chi connectivity index (χ1v) is 5.78. The van der Waals surface area contributed by atoms with Crippen LogP contribution in [0.4, 0.5) is 5.69 Å². The lowest BCUT2D eigenvalue weighted by atomic mass is 10.1. The Balaban J connectivity index is 2.00. The summed E-state index contributed by atoms with van der Waals surface area (Å²) < 4.78 is 5.30. The molecule has 4 heteroatoms. The fraction of sp³-hybridized carbons (Fsp3) is 0.231. The summed E-state index contributed by atoms with van der Waals surface area (Å²) in [5, 5.41) is 0.667. The summed E-state index contributed by atoms with van der Waals surface area (Å²) in [6, 6.07) is 9.43. The molecule has 0 radical (unpaired) electrons. The predicted molar refractivity (Wildman–Crippen MR) is 69.7 cm³/mol. The van der Waals surface area contributed by atoms with Gasteiger partial charge in [-0.15, -0.1) is 0 Å². The van der Waals surface area contributed by atoms with Crippen molar-refractivity contribution >= 4 is 17.3 Å². The lowest BCUT2D eigenvalue weighted by Gasteiger charge is -2.16. The Kier molecular flexibility index (Phi) is 3.71. The Bertz CT molecular complexity index is 482. The maximum atomic E-state index is 5.91. The lowest BCUT2D eigenvalue weighted by molar-refractivity contribution is 0.288. The number of hydrogen-bond acceptors (Lipinski definition) is 3. The van der Waals surface area contributed by atoms with E-state index in [1.165, 1.54) is 0 Å². The molecule has 0 amide bonds. The average Bonchev–Trinajstić information content (AvgIpc) is 2.75. The van der Waals surface area contributed by atoms with Crippen molar-refractivity contribution in [1.82, 2.24) is 4.90 Å². The number of nitrogen functional groups attached to an aromatic ring is 1. The molecule has 3 nitrogen and oxygen atoms in total. The van der Waals surface area contributed by atoms with Crippen molar-refractivity contribution in [3.05, 3.63) is 52.9 Å². The summed E-state index contributed by atoms with van der Waals surface area (Å²) in [6.07, 6.45) is 1.68. The van der Waals surface area contributed by atoms with Crippen molar-refractivity contribution in [2.75, 3.05) is 12.8 Å². The Morgan fingerprint density at radius 2 is 2.12 bits per heavy atom. The van der Waals surface area contributed by atoms with E-state index in [9.17, 15) is 0 Å². The summed E-state index contributed by atoms with van der Waals surface area (Å²) in [6.45, 7) is 1.53. The summed E-state index contributed by atoms with van der Waals surface area (Å²) >= 11 is 5.86. The minimum Gasteiger partial charge on any atom is -0.468 e. The Hall–Kier alpha value is -1.45. The summed E-state index contributed by atoms with van der Waals surface area (Å²) in [4.78, 5) is 2.14. The van der Waals surface area contributed by atoms with E-state index in [0.29, 0.717) is 5.02 Å². The third kappa shape index (κ3) is 3.25. The molecule has 2 rings (SSSR count). The van der Waals surface area contributed by atoms with Gasteiger partial charge in [-0.2, -0.15) is 0 Å². The van der Waals surface area contributed by atoms with E-state index in [4.69, 9.17) is 21.8 Å². The second-order valence-corrected chi connectivity index (χ2v) is 4.53. The summed E-state index contributed by atoms with van der Waals surface area (Å²) in [5.41, 5.74) is 7.71. The molecule has 0 fully saturated rings. The van der Waals surface area contributed by atoms with E-state index in [1.807, 2.05) is 31.3 Å². The number of nitrogens with two attached hydrogens (primary N) is 1. The Labute approximate surface area is 106 Å². The van der Waals surface area contributed by atoms with Gasteiger partial charge in [0.2, 0.25) is 0 Å². The van der Waals surface area contributed by atoms with Crippen LogP contribution in [0, 0.1) is 0 Å². The number of halogens is 1. The first-order valence-electron chi connectivity index (χ1n) is 5.40. The third-order valence-electron chi connectivity index (χ3n) is 2.55. The molecule has 2 aromatic rings. The van der Waals surface area contributed by atoms with Crippen LogP contribution in [0.2, 0.25) is 5.02 Å². The van der Waals surface area contributed by atoms with Crippen LogP contribution >= 0.6 is 11.6 Å². The molecule has 90 valence electrons. The van der Waals surface area contributed by atoms with Crippen molar-refractivity contribution in [2.24, 2.45) is 0 Å². The molecule has 0 spiro atoms. The Morgan fingerprint density at radius 3 is 2.76 bits per heavy atom. The monoisotopic (exact) mass is 250 g/mol. The molecule has 0 bridgehead atoms. The molecule has 1 aromatic carbocycles. The van der Waals surface area contributed by atoms with E-state index < -0.39 is 0 Å². The van der Waals surface area contributed by atoms with Gasteiger partial charge >= 0.3 is 0 Å². The number of hydrogen-bond donors (Lipinski definition) is 1. The van der Waals surface area contributed by atoms with E-state index in [-0.39, 0.29) is 0 Å². The fourth-order valence-electron chi connectivity index (χ4n) is 1.73. The van der Waals surface area contributed by atoms with Gasteiger partial charge in [0, 0.05) is 17.3 Å². The molecular formula is C13H15ClN2O. The van der Waals surface area contributed by atoms with Gasteiger partial charge in [-0.3, -0.25) is 4.90 Å². The van der Waals surface area contributed by atoms with E-state index in [1.54, 1.807) is 12.3 Å². The number of nitrogens with zero attached hydrogens (tertiary/aromatic N) is 1. The average molecular weight is 251 g/mol. The van der Waals surface area contributed by atoms with Crippen molar-refractivity contribution < 1.29 is 4.42 Å². The highest BCUT2D eigenvalue weighted by atomic mass is 35.5. The summed E-state index contributed by atoms with van der Waals surface area (Å²) in [5.74, 6) is 0.944. The summed E-state index contributed by atoms with van der Waals surface area (Å²) in [7, 11) is 2.02. The third-order valence-corrected chi connectivity index (χ3v) is 2.79. The van der Waals surface area contributed by atoms with Gasteiger partial charge < -0.3 is 10.2 Å². The van der Waals surface area contributed by atoms with Gasteiger partial charge in [0.1, 0.15) is 5.76 Å². The highest BCUT2D eigenvalue weighted by molar-refractivity contribution is 6.30. The second kappa shape index (κ2) is 5.25. The van der Waals surface area contributed by atoms with Crippen LogP contribution in [-0.2, 0) is 13.1 Å². The molecule has 0 unspecified atom stereocenters. The molecule has 0 aliphatic heterocycles. The fourth-order valence-corrected chi connectivity index (χ4v) is 1.91. The smallest absolute Gasteiger partial charge is 0.117 e. The van der Waals surface area contributed by atoms with Crippen LogP contribution in [0.3, 0.4) is 0 Å². The molecule has 2 N–H and O–H groups in total. The molecule has 0 atom stereocenters. The second-order valence-electron chi connectivity index (χ2n) is 4.09. The molecule has 0 aliphatic carbocycles. The molecule has 17 heavy (non-hydrogen) atoms. The number of benzene rings is 1. The maximum absolute atomic E-state index is 5.91. The van der Waals surface area contributed by atoms with Gasteiger partial charge in [-0.05, 0) is 36.9 Å². The first-order chi connectivity index (χ1) is 8.15.